The van der Waals surface area contributed by atoms with Crippen LogP contribution in [0.4, 0.5) is 39.5 Å². The van der Waals surface area contributed by atoms with Crippen molar-refractivity contribution in [3.63, 3.8) is 0 Å². The monoisotopic (exact) mass is 846 g/mol. The summed E-state index contributed by atoms with van der Waals surface area (Å²) in [5.41, 5.74) is 0.702. The van der Waals surface area contributed by atoms with Crippen LogP contribution in [0, 0.1) is 52.8 Å². The van der Waals surface area contributed by atoms with Gasteiger partial charge in [-0.3, -0.25) is 9.18 Å². The van der Waals surface area contributed by atoms with Crippen LogP contribution in [0.3, 0.4) is 0 Å². The van der Waals surface area contributed by atoms with E-state index in [1.807, 2.05) is 0 Å². The van der Waals surface area contributed by atoms with Crippen molar-refractivity contribution >= 4 is 11.9 Å². The normalized spacial score (nSPS) is 16.7. The van der Waals surface area contributed by atoms with E-state index >= 15 is 0 Å². The average molecular weight is 847 g/mol. The predicted molar refractivity (Wildman–Crippen MR) is 180 cm³/mol. The summed E-state index contributed by atoms with van der Waals surface area (Å²) in [5.74, 6) is -6.42. The molecule has 54 heavy (non-hydrogen) atoms. The minimum atomic E-state index is -4.91. The molecule has 3 aliphatic rings. The molecule has 4 nitrogen and oxygen atoms in total. The zero-order valence-electron chi connectivity index (χ0n) is 29.9. The van der Waals surface area contributed by atoms with Crippen molar-refractivity contribution in [1.82, 2.24) is 0 Å². The Kier molecular flexibility index (Phi) is 18.9. The summed E-state index contributed by atoms with van der Waals surface area (Å²) in [6, 6.07) is 9.19. The minimum absolute atomic E-state index is 0. The molecule has 0 aliphatic carbocycles. The van der Waals surface area contributed by atoms with Crippen LogP contribution in [0.5, 0.6) is 0 Å². The van der Waals surface area contributed by atoms with E-state index in [1.165, 1.54) is 30.3 Å². The number of rotatable bonds is 7. The van der Waals surface area contributed by atoms with Gasteiger partial charge in [-0.2, -0.15) is 24.8 Å². The Hall–Kier alpha value is -2.58. The van der Waals surface area contributed by atoms with Gasteiger partial charge < -0.3 is 14.2 Å². The Morgan fingerprint density at radius 1 is 0.722 bits per heavy atom. The Labute approximate surface area is 334 Å². The molecule has 3 fully saturated rings. The fourth-order valence-corrected chi connectivity index (χ4v) is 6.25. The van der Waals surface area contributed by atoms with E-state index in [2.05, 4.69) is 6.07 Å². The molecular weight excluding hydrogens is 804 g/mol. The number of carbonyl (C=O) groups excluding carboxylic acids is 1. The molecule has 3 aliphatic heterocycles. The van der Waals surface area contributed by atoms with Gasteiger partial charge in [-0.05, 0) is 92.2 Å². The van der Waals surface area contributed by atoms with Gasteiger partial charge in [0, 0.05) is 77.2 Å². The van der Waals surface area contributed by atoms with Gasteiger partial charge in [0.25, 0.3) is 0 Å². The second-order valence-corrected chi connectivity index (χ2v) is 13.2. The van der Waals surface area contributed by atoms with E-state index in [9.17, 15) is 44.3 Å². The number of carbonyl (C=O) groups is 1. The van der Waals surface area contributed by atoms with Gasteiger partial charge in [-0.25, -0.2) is 22.0 Å². The van der Waals surface area contributed by atoms with E-state index in [-0.39, 0.29) is 56.0 Å². The Morgan fingerprint density at radius 3 is 1.78 bits per heavy atom. The van der Waals surface area contributed by atoms with Crippen molar-refractivity contribution in [3.8, 4) is 0 Å². The maximum atomic E-state index is 13.6. The van der Waals surface area contributed by atoms with Gasteiger partial charge in [-0.1, -0.05) is 25.0 Å². The molecule has 0 atom stereocenters. The summed E-state index contributed by atoms with van der Waals surface area (Å²) in [6.07, 6.45) is 3.21. The second-order valence-electron chi connectivity index (χ2n) is 13.2. The zero-order chi connectivity index (χ0) is 38.5. The molecule has 0 bridgehead atoms. The van der Waals surface area contributed by atoms with Gasteiger partial charge in [0.2, 0.25) is 0 Å². The summed E-state index contributed by atoms with van der Waals surface area (Å²) < 4.78 is 132. The van der Waals surface area contributed by atoms with E-state index < -0.39 is 46.6 Å². The fraction of sp³-hybridized carbons (Fsp3) is 0.475. The first kappa shape index (κ1) is 45.8. The van der Waals surface area contributed by atoms with Crippen molar-refractivity contribution in [2.24, 2.45) is 11.8 Å². The van der Waals surface area contributed by atoms with Crippen LogP contribution in [-0.2, 0) is 65.9 Å². The molecule has 3 saturated heterocycles. The van der Waals surface area contributed by atoms with Crippen molar-refractivity contribution in [3.05, 3.63) is 111 Å². The molecule has 293 valence electrons. The van der Waals surface area contributed by atoms with Gasteiger partial charge in [0.05, 0.1) is 24.3 Å². The number of alkyl halides is 3. The molecule has 0 amide bonds. The van der Waals surface area contributed by atoms with Gasteiger partial charge in [0.1, 0.15) is 0 Å². The zero-order valence-corrected chi connectivity index (χ0v) is 32.8. The average Bonchev–Trinajstić information content (AvgIpc) is 3.14. The molecule has 3 aromatic rings. The summed E-state index contributed by atoms with van der Waals surface area (Å²) in [7, 11) is 0. The fourth-order valence-electron chi connectivity index (χ4n) is 6.25. The predicted octanol–water partition coefficient (Wildman–Crippen LogP) is 10.4. The van der Waals surface area contributed by atoms with Gasteiger partial charge in [0.15, 0.2) is 29.1 Å². The van der Waals surface area contributed by atoms with Crippen LogP contribution in [0.1, 0.15) is 84.5 Å². The molecule has 0 unspecified atom stereocenters. The van der Waals surface area contributed by atoms with Crippen molar-refractivity contribution in [2.45, 2.75) is 70.9 Å². The minimum Gasteiger partial charge on any atom is -0.381 e. The SMILES string of the molecule is CCC(=O)c1cc(CC2CCOCC2)cc(F)c1F.Fc1[c-]cc(CC2CCOCC2)cc1F.Fc1cc(C=C2CCOCC2)cc(C(F)(F)F)c1F.[Y]. The van der Waals surface area contributed by atoms with Gasteiger partial charge in [-0.15, -0.1) is 12.1 Å². The first-order chi connectivity index (χ1) is 25.2. The maximum Gasteiger partial charge on any atom is 0.419 e. The third-order valence-electron chi connectivity index (χ3n) is 9.21. The van der Waals surface area contributed by atoms with E-state index in [1.54, 1.807) is 6.92 Å². The molecule has 6 rings (SSSR count). The smallest absolute Gasteiger partial charge is 0.381 e. The number of halogens is 9. The van der Waals surface area contributed by atoms with E-state index in [4.69, 9.17) is 14.2 Å². The van der Waals surface area contributed by atoms with Crippen LogP contribution in [0.25, 0.3) is 6.08 Å². The van der Waals surface area contributed by atoms with Crippen LogP contribution in [-0.4, -0.2) is 45.4 Å². The van der Waals surface area contributed by atoms with E-state index in [0.717, 1.165) is 75.7 Å². The summed E-state index contributed by atoms with van der Waals surface area (Å²) in [4.78, 5) is 11.6. The molecule has 0 spiro atoms. The number of hydrogen-bond donors (Lipinski definition) is 0. The van der Waals surface area contributed by atoms with Crippen LogP contribution >= 0.6 is 0 Å². The molecule has 3 aromatic carbocycles. The first-order valence-corrected chi connectivity index (χ1v) is 17.6. The summed E-state index contributed by atoms with van der Waals surface area (Å²) >= 11 is 0. The van der Waals surface area contributed by atoms with Crippen molar-refractivity contribution in [2.75, 3.05) is 39.6 Å². The van der Waals surface area contributed by atoms with E-state index in [0.29, 0.717) is 55.9 Å². The number of ketones is 1. The van der Waals surface area contributed by atoms with Crippen LogP contribution < -0.4 is 0 Å². The molecular formula is C40H42F9O4Y-. The third kappa shape index (κ3) is 14.2. The molecule has 3 heterocycles. The number of benzene rings is 3. The first-order valence-electron chi connectivity index (χ1n) is 17.6. The summed E-state index contributed by atoms with van der Waals surface area (Å²) in [5, 5.41) is 0. The summed E-state index contributed by atoms with van der Waals surface area (Å²) in [6.45, 7) is 5.61. The largest absolute Gasteiger partial charge is 0.419 e. The van der Waals surface area contributed by atoms with Gasteiger partial charge >= 0.3 is 6.18 Å². The molecule has 0 saturated carbocycles. The third-order valence-corrected chi connectivity index (χ3v) is 9.21. The Morgan fingerprint density at radius 2 is 1.24 bits per heavy atom. The van der Waals surface area contributed by atoms with Crippen LogP contribution in [0.2, 0.25) is 0 Å². The molecule has 0 N–H and O–H groups in total. The standard InChI is InChI=1S/C15H18F2O2.C13H11F5O.C12H13F2O.Y/c1-2-14(18)12-8-11(9-13(16)15(12)17)7-10-3-5-19-6-4-10;14-11-7-9(5-8-1-3-19-4-2-8)6-10(12(11)15)13(16,17)18;13-11-2-1-10(8-12(11)14)7-9-3-5-15-6-4-9;/h8-10H,2-7H2,1H3;5-7H,1-4H2;1,8-9H,3-7H2;/q;;-1;. The second kappa shape index (κ2) is 22.2. The molecule has 14 heteroatoms. The van der Waals surface area contributed by atoms with Crippen molar-refractivity contribution < 1.29 is 91.2 Å². The Balaban J connectivity index is 0.000000217. The van der Waals surface area contributed by atoms with Crippen LogP contribution in [0.15, 0.2) is 42.0 Å². The quantitative estimate of drug-likeness (QED) is 0.135. The molecule has 0 aromatic heterocycles. The topological polar surface area (TPSA) is 44.8 Å². The maximum absolute atomic E-state index is 13.6. The number of Topliss-reactive ketones (excluding diaryl/α,β-unsaturated/α-hetero) is 1. The number of ether oxygens (including phenoxy) is 3. The van der Waals surface area contributed by atoms with Crippen molar-refractivity contribution in [1.29, 1.82) is 0 Å². The number of hydrogen-bond acceptors (Lipinski definition) is 4. The molecule has 1 radical (unpaired) electrons. The Bertz CT molecular complexity index is 1690.